The molecule has 0 aromatic heterocycles. The molecule has 35 heavy (non-hydrogen) atoms. The highest BCUT2D eigenvalue weighted by Gasteiger charge is 2.42. The number of methoxy groups -OCH3 is 1. The minimum atomic E-state index is -1.24. The molecule has 8 nitrogen and oxygen atoms in total. The van der Waals surface area contributed by atoms with Gasteiger partial charge in [-0.1, -0.05) is 67.8 Å². The van der Waals surface area contributed by atoms with Gasteiger partial charge in [-0.2, -0.15) is 0 Å². The monoisotopic (exact) mass is 480 g/mol. The van der Waals surface area contributed by atoms with Crippen LogP contribution in [0.1, 0.15) is 55.6 Å². The Morgan fingerprint density at radius 3 is 2.17 bits per heavy atom. The molecule has 0 radical (unpaired) electrons. The predicted octanol–water partition coefficient (Wildman–Crippen LogP) is 3.83. The molecule has 0 spiro atoms. The molecular formula is C27H32N2O6. The van der Waals surface area contributed by atoms with Crippen LogP contribution >= 0.6 is 0 Å². The molecule has 1 fully saturated rings. The first kappa shape index (κ1) is 24.7. The number of nitrogens with one attached hydrogen (secondary N) is 2. The zero-order valence-electron chi connectivity index (χ0n) is 19.9. The predicted molar refractivity (Wildman–Crippen MR) is 130 cm³/mol. The number of fused-ring (bicyclic) bond motifs is 3. The van der Waals surface area contributed by atoms with Crippen LogP contribution in [-0.2, 0) is 19.1 Å². The number of carbonyl (C=O) groups is 3. The lowest BCUT2D eigenvalue weighted by molar-refractivity contribution is -0.151. The first-order valence-electron chi connectivity index (χ1n) is 12.1. The third-order valence-electron chi connectivity index (χ3n) is 7.08. The van der Waals surface area contributed by atoms with Gasteiger partial charge in [-0.05, 0) is 35.1 Å². The van der Waals surface area contributed by atoms with E-state index in [1.807, 2.05) is 24.3 Å². The van der Waals surface area contributed by atoms with Crippen molar-refractivity contribution in [1.82, 2.24) is 10.6 Å². The number of benzene rings is 2. The number of hydrogen-bond donors (Lipinski definition) is 3. The molecule has 2 aromatic carbocycles. The minimum absolute atomic E-state index is 0.0339. The minimum Gasteiger partial charge on any atom is -0.480 e. The van der Waals surface area contributed by atoms with Gasteiger partial charge < -0.3 is 25.2 Å². The third-order valence-corrected chi connectivity index (χ3v) is 7.08. The Bertz CT molecular complexity index is 1030. The third kappa shape index (κ3) is 5.32. The first-order chi connectivity index (χ1) is 16.9. The van der Waals surface area contributed by atoms with Crippen LogP contribution in [0.3, 0.4) is 0 Å². The van der Waals surface area contributed by atoms with Crippen LogP contribution in [0.2, 0.25) is 0 Å². The average molecular weight is 481 g/mol. The van der Waals surface area contributed by atoms with Crippen molar-refractivity contribution in [3.05, 3.63) is 59.7 Å². The van der Waals surface area contributed by atoms with Gasteiger partial charge in [-0.3, -0.25) is 4.79 Å². The molecule has 1 saturated carbocycles. The summed E-state index contributed by atoms with van der Waals surface area (Å²) in [6.45, 7) is 0.359. The number of amides is 2. The fraction of sp³-hybridized carbons (Fsp3) is 0.444. The van der Waals surface area contributed by atoms with Crippen molar-refractivity contribution < 1.29 is 29.0 Å². The molecular weight excluding hydrogens is 448 g/mol. The van der Waals surface area contributed by atoms with E-state index in [9.17, 15) is 19.5 Å². The molecule has 0 heterocycles. The van der Waals surface area contributed by atoms with Crippen LogP contribution < -0.4 is 10.6 Å². The van der Waals surface area contributed by atoms with Crippen molar-refractivity contribution in [3.8, 4) is 11.1 Å². The van der Waals surface area contributed by atoms with Crippen molar-refractivity contribution in [2.24, 2.45) is 0 Å². The van der Waals surface area contributed by atoms with Crippen molar-refractivity contribution in [2.45, 2.75) is 56.1 Å². The largest absolute Gasteiger partial charge is 0.480 e. The van der Waals surface area contributed by atoms with E-state index in [1.54, 1.807) is 0 Å². The van der Waals surface area contributed by atoms with Gasteiger partial charge in [0.05, 0.1) is 0 Å². The van der Waals surface area contributed by atoms with E-state index in [2.05, 4.69) is 34.9 Å². The molecule has 3 N–H and O–H groups in total. The van der Waals surface area contributed by atoms with E-state index < -0.39 is 29.6 Å². The van der Waals surface area contributed by atoms with Gasteiger partial charge in [-0.15, -0.1) is 0 Å². The number of carbonyl (C=O) groups excluding carboxylic acids is 2. The second kappa shape index (κ2) is 10.9. The zero-order chi connectivity index (χ0) is 24.8. The number of rotatable bonds is 9. The van der Waals surface area contributed by atoms with Gasteiger partial charge in [0.25, 0.3) is 0 Å². The summed E-state index contributed by atoms with van der Waals surface area (Å²) in [7, 11) is 1.39. The number of ether oxygens (including phenoxy) is 2. The summed E-state index contributed by atoms with van der Waals surface area (Å²) in [5.41, 5.74) is 3.33. The van der Waals surface area contributed by atoms with Crippen LogP contribution in [0.4, 0.5) is 4.79 Å². The zero-order valence-corrected chi connectivity index (χ0v) is 19.9. The van der Waals surface area contributed by atoms with E-state index in [0.29, 0.717) is 12.8 Å². The van der Waals surface area contributed by atoms with E-state index in [-0.39, 0.29) is 25.5 Å². The van der Waals surface area contributed by atoms with Crippen molar-refractivity contribution in [3.63, 3.8) is 0 Å². The molecule has 186 valence electrons. The second-order valence-electron chi connectivity index (χ2n) is 9.20. The molecule has 2 aliphatic carbocycles. The molecule has 2 aromatic rings. The van der Waals surface area contributed by atoms with E-state index in [4.69, 9.17) is 9.47 Å². The van der Waals surface area contributed by atoms with Crippen molar-refractivity contribution in [2.75, 3.05) is 20.3 Å². The van der Waals surface area contributed by atoms with Gasteiger partial charge in [0, 0.05) is 26.0 Å². The van der Waals surface area contributed by atoms with E-state index >= 15 is 0 Å². The molecule has 2 aliphatic rings. The first-order valence-corrected chi connectivity index (χ1v) is 12.1. The highest BCUT2D eigenvalue weighted by atomic mass is 16.5. The number of carboxylic acid groups (broad SMARTS) is 1. The Labute approximate surface area is 205 Å². The Balaban J connectivity index is 1.27. The van der Waals surface area contributed by atoms with Crippen LogP contribution in [0.15, 0.2) is 48.5 Å². The van der Waals surface area contributed by atoms with E-state index in [0.717, 1.165) is 41.5 Å². The molecule has 4 rings (SSSR count). The lowest BCUT2D eigenvalue weighted by Crippen LogP contribution is -2.58. The Kier molecular flexibility index (Phi) is 7.70. The maximum absolute atomic E-state index is 12.7. The molecule has 0 bridgehead atoms. The SMILES string of the molecule is COC(CCNC(=O)OCC1c2ccccc2-c2ccccc21)C(=O)NC1(C(=O)O)CCCCC1. The summed E-state index contributed by atoms with van der Waals surface area (Å²) in [6, 6.07) is 16.2. The Morgan fingerprint density at radius 1 is 1.00 bits per heavy atom. The molecule has 0 aliphatic heterocycles. The van der Waals surface area contributed by atoms with Crippen LogP contribution in [-0.4, -0.2) is 55.0 Å². The summed E-state index contributed by atoms with van der Waals surface area (Å²) < 4.78 is 10.8. The fourth-order valence-corrected chi connectivity index (χ4v) is 5.17. The number of alkyl carbamates (subject to hydrolysis) is 1. The van der Waals surface area contributed by atoms with Gasteiger partial charge in [0.15, 0.2) is 0 Å². The summed E-state index contributed by atoms with van der Waals surface area (Å²) in [6.07, 6.45) is 2.04. The topological polar surface area (TPSA) is 114 Å². The summed E-state index contributed by atoms with van der Waals surface area (Å²) in [4.78, 5) is 36.9. The normalized spacial score (nSPS) is 17.1. The Hall–Kier alpha value is -3.39. The van der Waals surface area contributed by atoms with Gasteiger partial charge in [0.2, 0.25) is 5.91 Å². The molecule has 0 saturated heterocycles. The lowest BCUT2D eigenvalue weighted by atomic mass is 9.81. The highest BCUT2D eigenvalue weighted by molar-refractivity contribution is 5.89. The van der Waals surface area contributed by atoms with Gasteiger partial charge in [-0.25, -0.2) is 9.59 Å². The van der Waals surface area contributed by atoms with Crippen LogP contribution in [0.25, 0.3) is 11.1 Å². The van der Waals surface area contributed by atoms with Gasteiger partial charge >= 0.3 is 12.1 Å². The van der Waals surface area contributed by atoms with E-state index in [1.165, 1.54) is 7.11 Å². The number of hydrogen-bond acceptors (Lipinski definition) is 5. The summed E-state index contributed by atoms with van der Waals surface area (Å²) >= 11 is 0. The maximum Gasteiger partial charge on any atom is 0.407 e. The fourth-order valence-electron chi connectivity index (χ4n) is 5.17. The second-order valence-corrected chi connectivity index (χ2v) is 9.20. The quantitative estimate of drug-likeness (QED) is 0.503. The molecule has 1 atom stereocenters. The standard InChI is InChI=1S/C27H32N2O6/c1-34-23(24(30)29-27(25(31)32)14-7-2-8-15-27)13-16-28-26(33)35-17-22-20-11-5-3-9-18(20)19-10-4-6-12-21(19)22/h3-6,9-12,22-23H,2,7-8,13-17H2,1H3,(H,28,33)(H,29,30)(H,31,32). The summed E-state index contributed by atoms with van der Waals surface area (Å²) in [5.74, 6) is -1.53. The smallest absolute Gasteiger partial charge is 0.407 e. The number of aliphatic carboxylic acids is 1. The molecule has 2 amide bonds. The highest BCUT2D eigenvalue weighted by Crippen LogP contribution is 2.44. The molecule has 8 heteroatoms. The maximum atomic E-state index is 12.7. The van der Waals surface area contributed by atoms with Crippen LogP contribution in [0.5, 0.6) is 0 Å². The molecule has 1 unspecified atom stereocenters. The van der Waals surface area contributed by atoms with Crippen LogP contribution in [0, 0.1) is 0 Å². The lowest BCUT2D eigenvalue weighted by Gasteiger charge is -2.35. The number of carboxylic acids is 1. The average Bonchev–Trinajstić information content (AvgIpc) is 3.19. The summed E-state index contributed by atoms with van der Waals surface area (Å²) in [5, 5.41) is 15.1. The van der Waals surface area contributed by atoms with Gasteiger partial charge in [0.1, 0.15) is 18.2 Å². The van der Waals surface area contributed by atoms with Crippen molar-refractivity contribution >= 4 is 18.0 Å². The Morgan fingerprint density at radius 2 is 1.60 bits per heavy atom. The van der Waals surface area contributed by atoms with Crippen molar-refractivity contribution in [1.29, 1.82) is 0 Å².